The number of rotatable bonds is 4. The maximum Gasteiger partial charge on any atom is 0.136 e. The number of anilines is 3. The highest BCUT2D eigenvalue weighted by atomic mass is 79.9. The third kappa shape index (κ3) is 3.93. The van der Waals surface area contributed by atoms with E-state index in [-0.39, 0.29) is 0 Å². The van der Waals surface area contributed by atoms with Crippen molar-refractivity contribution in [3.8, 4) is 0 Å². The molecule has 5 heteroatoms. The maximum absolute atomic E-state index is 4.42. The SMILES string of the molecule is Cc1ccc(Nc2cc(NC(C)C)nc(C)n2)c(Br)c1. The van der Waals surface area contributed by atoms with Crippen LogP contribution in [-0.2, 0) is 0 Å². The van der Waals surface area contributed by atoms with Crippen molar-refractivity contribution in [2.75, 3.05) is 10.6 Å². The van der Waals surface area contributed by atoms with Gasteiger partial charge in [0.2, 0.25) is 0 Å². The second-order valence-electron chi connectivity index (χ2n) is 5.09. The average molecular weight is 335 g/mol. The highest BCUT2D eigenvalue weighted by molar-refractivity contribution is 9.10. The molecule has 0 bridgehead atoms. The van der Waals surface area contributed by atoms with Gasteiger partial charge >= 0.3 is 0 Å². The third-order valence-electron chi connectivity index (χ3n) is 2.66. The first-order valence-electron chi connectivity index (χ1n) is 6.59. The van der Waals surface area contributed by atoms with Gasteiger partial charge in [-0.2, -0.15) is 0 Å². The van der Waals surface area contributed by atoms with Crippen LogP contribution in [0, 0.1) is 13.8 Å². The highest BCUT2D eigenvalue weighted by Gasteiger charge is 2.05. The first-order valence-corrected chi connectivity index (χ1v) is 7.39. The predicted molar refractivity (Wildman–Crippen MR) is 87.7 cm³/mol. The molecule has 2 aromatic rings. The molecule has 0 aliphatic carbocycles. The van der Waals surface area contributed by atoms with Crippen LogP contribution in [0.3, 0.4) is 0 Å². The van der Waals surface area contributed by atoms with Gasteiger partial charge in [0.1, 0.15) is 17.5 Å². The van der Waals surface area contributed by atoms with Crippen LogP contribution in [0.5, 0.6) is 0 Å². The van der Waals surface area contributed by atoms with E-state index in [0.29, 0.717) is 6.04 Å². The summed E-state index contributed by atoms with van der Waals surface area (Å²) in [5, 5.41) is 6.61. The van der Waals surface area contributed by atoms with Gasteiger partial charge in [0, 0.05) is 16.6 Å². The number of benzene rings is 1. The van der Waals surface area contributed by atoms with Crippen LogP contribution in [0.15, 0.2) is 28.7 Å². The van der Waals surface area contributed by atoms with Crippen LogP contribution in [0.4, 0.5) is 17.3 Å². The van der Waals surface area contributed by atoms with Crippen molar-refractivity contribution in [3.63, 3.8) is 0 Å². The Morgan fingerprint density at radius 1 is 1.05 bits per heavy atom. The molecule has 1 aromatic carbocycles. The van der Waals surface area contributed by atoms with E-state index in [4.69, 9.17) is 0 Å². The number of nitrogens with one attached hydrogen (secondary N) is 2. The standard InChI is InChI=1S/C15H19BrN4/c1-9(2)17-14-8-15(19-11(4)18-14)20-13-6-5-10(3)7-12(13)16/h5-9H,1-4H3,(H2,17,18,19,20). The van der Waals surface area contributed by atoms with Gasteiger partial charge < -0.3 is 10.6 Å². The molecule has 1 heterocycles. The van der Waals surface area contributed by atoms with Gasteiger partial charge in [-0.15, -0.1) is 0 Å². The topological polar surface area (TPSA) is 49.8 Å². The lowest BCUT2D eigenvalue weighted by molar-refractivity contribution is 0.881. The van der Waals surface area contributed by atoms with Crippen molar-refractivity contribution >= 4 is 33.3 Å². The smallest absolute Gasteiger partial charge is 0.136 e. The molecule has 0 saturated carbocycles. The molecule has 2 rings (SSSR count). The molecular weight excluding hydrogens is 316 g/mol. The van der Waals surface area contributed by atoms with Crippen LogP contribution in [-0.4, -0.2) is 16.0 Å². The molecule has 0 spiro atoms. The zero-order valence-corrected chi connectivity index (χ0v) is 13.7. The molecule has 0 atom stereocenters. The van der Waals surface area contributed by atoms with Crippen LogP contribution in [0.25, 0.3) is 0 Å². The zero-order valence-electron chi connectivity index (χ0n) is 12.2. The predicted octanol–water partition coefficient (Wildman–Crippen LogP) is 4.42. The van der Waals surface area contributed by atoms with Crippen molar-refractivity contribution < 1.29 is 0 Å². The van der Waals surface area contributed by atoms with Gasteiger partial charge in [0.05, 0.1) is 5.69 Å². The van der Waals surface area contributed by atoms with Crippen molar-refractivity contribution in [2.24, 2.45) is 0 Å². The van der Waals surface area contributed by atoms with E-state index in [2.05, 4.69) is 69.4 Å². The summed E-state index contributed by atoms with van der Waals surface area (Å²) >= 11 is 3.56. The molecule has 0 unspecified atom stereocenters. The zero-order chi connectivity index (χ0) is 14.7. The number of halogens is 1. The number of hydrogen-bond donors (Lipinski definition) is 2. The summed E-state index contributed by atoms with van der Waals surface area (Å²) in [6.07, 6.45) is 0. The van der Waals surface area contributed by atoms with Crippen molar-refractivity contribution in [3.05, 3.63) is 40.1 Å². The number of aryl methyl sites for hydroxylation is 2. The van der Waals surface area contributed by atoms with E-state index in [0.717, 1.165) is 27.6 Å². The largest absolute Gasteiger partial charge is 0.368 e. The molecule has 20 heavy (non-hydrogen) atoms. The minimum Gasteiger partial charge on any atom is -0.368 e. The third-order valence-corrected chi connectivity index (χ3v) is 3.32. The Morgan fingerprint density at radius 3 is 2.40 bits per heavy atom. The van der Waals surface area contributed by atoms with Crippen LogP contribution in [0.2, 0.25) is 0 Å². The molecule has 0 fully saturated rings. The Balaban J connectivity index is 2.26. The van der Waals surface area contributed by atoms with Crippen LogP contribution < -0.4 is 10.6 Å². The Bertz CT molecular complexity index is 611. The first-order chi connectivity index (χ1) is 9.44. The monoisotopic (exact) mass is 334 g/mol. The second-order valence-corrected chi connectivity index (χ2v) is 5.95. The Kier molecular flexibility index (Phi) is 4.60. The number of hydrogen-bond acceptors (Lipinski definition) is 4. The van der Waals surface area contributed by atoms with Gasteiger partial charge in [0.15, 0.2) is 0 Å². The van der Waals surface area contributed by atoms with Crippen molar-refractivity contribution in [1.29, 1.82) is 0 Å². The minimum absolute atomic E-state index is 0.336. The van der Waals surface area contributed by atoms with E-state index < -0.39 is 0 Å². The van der Waals surface area contributed by atoms with E-state index in [1.54, 1.807) is 0 Å². The normalized spacial score (nSPS) is 10.7. The number of aromatic nitrogens is 2. The van der Waals surface area contributed by atoms with Gasteiger partial charge in [-0.1, -0.05) is 6.07 Å². The van der Waals surface area contributed by atoms with Gasteiger partial charge in [0.25, 0.3) is 0 Å². The summed E-state index contributed by atoms with van der Waals surface area (Å²) in [6, 6.07) is 8.42. The first kappa shape index (κ1) is 14.8. The van der Waals surface area contributed by atoms with Gasteiger partial charge in [-0.05, 0) is 61.3 Å². The fourth-order valence-electron chi connectivity index (χ4n) is 1.86. The summed E-state index contributed by atoms with van der Waals surface area (Å²) in [7, 11) is 0. The van der Waals surface area contributed by atoms with E-state index in [9.17, 15) is 0 Å². The number of nitrogens with zero attached hydrogens (tertiary/aromatic N) is 2. The summed E-state index contributed by atoms with van der Waals surface area (Å²) in [6.45, 7) is 8.12. The molecule has 2 N–H and O–H groups in total. The fraction of sp³-hybridized carbons (Fsp3) is 0.333. The lowest BCUT2D eigenvalue weighted by Crippen LogP contribution is -2.12. The Hall–Kier alpha value is -1.62. The molecule has 0 aliphatic rings. The van der Waals surface area contributed by atoms with Gasteiger partial charge in [-0.3, -0.25) is 0 Å². The van der Waals surface area contributed by atoms with E-state index in [1.165, 1.54) is 5.56 Å². The molecule has 0 saturated heterocycles. The van der Waals surface area contributed by atoms with Crippen LogP contribution in [0.1, 0.15) is 25.2 Å². The summed E-state index contributed by atoms with van der Waals surface area (Å²) in [5.74, 6) is 2.35. The average Bonchev–Trinajstić information content (AvgIpc) is 2.31. The summed E-state index contributed by atoms with van der Waals surface area (Å²) in [4.78, 5) is 8.80. The van der Waals surface area contributed by atoms with Crippen molar-refractivity contribution in [1.82, 2.24) is 9.97 Å². The van der Waals surface area contributed by atoms with Crippen LogP contribution >= 0.6 is 15.9 Å². The van der Waals surface area contributed by atoms with E-state index >= 15 is 0 Å². The quantitative estimate of drug-likeness (QED) is 0.868. The minimum atomic E-state index is 0.336. The Morgan fingerprint density at radius 2 is 1.75 bits per heavy atom. The molecular formula is C15H19BrN4. The highest BCUT2D eigenvalue weighted by Crippen LogP contribution is 2.26. The lowest BCUT2D eigenvalue weighted by Gasteiger charge is -2.13. The molecule has 1 aromatic heterocycles. The Labute approximate surface area is 128 Å². The maximum atomic E-state index is 4.42. The van der Waals surface area contributed by atoms with Crippen molar-refractivity contribution in [2.45, 2.75) is 33.7 Å². The molecule has 0 radical (unpaired) electrons. The van der Waals surface area contributed by atoms with Gasteiger partial charge in [-0.25, -0.2) is 9.97 Å². The lowest BCUT2D eigenvalue weighted by atomic mass is 10.2. The molecule has 0 aliphatic heterocycles. The summed E-state index contributed by atoms with van der Waals surface area (Å²) in [5.41, 5.74) is 2.20. The molecule has 4 nitrogen and oxygen atoms in total. The molecule has 0 amide bonds. The fourth-order valence-corrected chi connectivity index (χ4v) is 2.45. The summed E-state index contributed by atoms with van der Waals surface area (Å²) < 4.78 is 1.02. The second kappa shape index (κ2) is 6.22. The molecule has 106 valence electrons. The van der Waals surface area contributed by atoms with E-state index in [1.807, 2.05) is 19.1 Å².